The van der Waals surface area contributed by atoms with E-state index in [9.17, 15) is 14.4 Å². The Morgan fingerprint density at radius 2 is 1.21 bits per heavy atom. The highest BCUT2D eigenvalue weighted by atomic mass is 16.5. The van der Waals surface area contributed by atoms with E-state index in [0.29, 0.717) is 32.8 Å². The summed E-state index contributed by atoms with van der Waals surface area (Å²) in [5.41, 5.74) is 0. The summed E-state index contributed by atoms with van der Waals surface area (Å²) in [6.45, 7) is 1.71. The van der Waals surface area contributed by atoms with Crippen molar-refractivity contribution in [3.63, 3.8) is 0 Å². The lowest BCUT2D eigenvalue weighted by Crippen LogP contribution is -2.27. The lowest BCUT2D eigenvalue weighted by molar-refractivity contribution is -0.137. The minimum atomic E-state index is -0.701. The van der Waals surface area contributed by atoms with E-state index in [0.717, 1.165) is 38.5 Å². The number of rotatable bonds is 21. The SMILES string of the molecule is CNC(=O)COCCOCCNC(=O)CCCCCCCCCCCCC(=O)O. The van der Waals surface area contributed by atoms with Crippen LogP contribution in [0.2, 0.25) is 0 Å². The highest BCUT2D eigenvalue weighted by molar-refractivity contribution is 5.76. The quantitative estimate of drug-likeness (QED) is 0.248. The van der Waals surface area contributed by atoms with E-state index < -0.39 is 5.97 Å². The van der Waals surface area contributed by atoms with Crippen molar-refractivity contribution in [3.8, 4) is 0 Å². The molecule has 170 valence electrons. The molecule has 0 fully saturated rings. The molecule has 0 saturated heterocycles. The number of carboxylic acid groups (broad SMARTS) is 1. The third-order valence-electron chi connectivity index (χ3n) is 4.50. The number of hydrogen-bond acceptors (Lipinski definition) is 5. The first-order valence-electron chi connectivity index (χ1n) is 10.9. The van der Waals surface area contributed by atoms with E-state index in [2.05, 4.69) is 10.6 Å². The van der Waals surface area contributed by atoms with Crippen molar-refractivity contribution in [2.24, 2.45) is 0 Å². The maximum atomic E-state index is 11.7. The summed E-state index contributed by atoms with van der Waals surface area (Å²) >= 11 is 0. The molecule has 0 unspecified atom stereocenters. The summed E-state index contributed by atoms with van der Waals surface area (Å²) in [5.74, 6) is -0.805. The Kier molecular flexibility index (Phi) is 19.8. The summed E-state index contributed by atoms with van der Waals surface area (Å²) in [4.78, 5) is 33.0. The fraction of sp³-hybridized carbons (Fsp3) is 0.857. The van der Waals surface area contributed by atoms with Gasteiger partial charge in [0, 0.05) is 26.4 Å². The summed E-state index contributed by atoms with van der Waals surface area (Å²) in [6, 6.07) is 0. The molecule has 0 aromatic heterocycles. The van der Waals surface area contributed by atoms with Gasteiger partial charge in [0.15, 0.2) is 0 Å². The first kappa shape index (κ1) is 27.3. The van der Waals surface area contributed by atoms with Gasteiger partial charge < -0.3 is 25.2 Å². The van der Waals surface area contributed by atoms with Gasteiger partial charge in [-0.1, -0.05) is 51.4 Å². The van der Waals surface area contributed by atoms with Gasteiger partial charge in [-0.15, -0.1) is 0 Å². The zero-order chi connectivity index (χ0) is 21.6. The highest BCUT2D eigenvalue weighted by Gasteiger charge is 2.01. The smallest absolute Gasteiger partial charge is 0.303 e. The number of likely N-dealkylation sites (N-methyl/N-ethyl adjacent to an activating group) is 1. The van der Waals surface area contributed by atoms with Gasteiger partial charge in [0.25, 0.3) is 0 Å². The Labute approximate surface area is 175 Å². The summed E-state index contributed by atoms with van der Waals surface area (Å²) < 4.78 is 10.4. The number of nitrogens with one attached hydrogen (secondary N) is 2. The molecule has 0 aromatic carbocycles. The van der Waals surface area contributed by atoms with Crippen LogP contribution in [0, 0.1) is 0 Å². The number of carboxylic acids is 1. The van der Waals surface area contributed by atoms with Gasteiger partial charge >= 0.3 is 5.97 Å². The number of unbranched alkanes of at least 4 members (excludes halogenated alkanes) is 9. The van der Waals surface area contributed by atoms with E-state index in [-0.39, 0.29) is 24.8 Å². The topological polar surface area (TPSA) is 114 Å². The van der Waals surface area contributed by atoms with Crippen LogP contribution >= 0.6 is 0 Å². The number of aliphatic carboxylic acids is 1. The van der Waals surface area contributed by atoms with Gasteiger partial charge in [-0.05, 0) is 12.8 Å². The largest absolute Gasteiger partial charge is 0.481 e. The number of carbonyl (C=O) groups excluding carboxylic acids is 2. The molecule has 0 aliphatic heterocycles. The molecule has 0 bridgehead atoms. The van der Waals surface area contributed by atoms with Crippen LogP contribution in [0.4, 0.5) is 0 Å². The van der Waals surface area contributed by atoms with Crippen LogP contribution in [0.15, 0.2) is 0 Å². The Hall–Kier alpha value is -1.67. The van der Waals surface area contributed by atoms with Gasteiger partial charge in [0.05, 0.1) is 19.8 Å². The zero-order valence-electron chi connectivity index (χ0n) is 18.0. The molecule has 2 amide bonds. The molecular weight excluding hydrogens is 376 g/mol. The van der Waals surface area contributed by atoms with E-state index >= 15 is 0 Å². The van der Waals surface area contributed by atoms with Crippen LogP contribution in [-0.4, -0.2) is 62.9 Å². The van der Waals surface area contributed by atoms with Crippen molar-refractivity contribution in [2.75, 3.05) is 40.0 Å². The lowest BCUT2D eigenvalue weighted by atomic mass is 10.1. The zero-order valence-corrected chi connectivity index (χ0v) is 18.0. The van der Waals surface area contributed by atoms with E-state index in [1.807, 2.05) is 0 Å². The minimum absolute atomic E-state index is 0.0329. The second-order valence-electron chi connectivity index (χ2n) is 7.12. The molecule has 0 aliphatic carbocycles. The molecule has 29 heavy (non-hydrogen) atoms. The molecule has 8 nitrogen and oxygen atoms in total. The van der Waals surface area contributed by atoms with Crippen LogP contribution in [0.3, 0.4) is 0 Å². The van der Waals surface area contributed by atoms with Gasteiger partial charge in [-0.25, -0.2) is 0 Å². The molecular formula is C21H40N2O6. The average Bonchev–Trinajstić information content (AvgIpc) is 2.70. The predicted molar refractivity (Wildman–Crippen MR) is 112 cm³/mol. The Morgan fingerprint density at radius 1 is 0.690 bits per heavy atom. The van der Waals surface area contributed by atoms with Gasteiger partial charge in [0.1, 0.15) is 6.61 Å². The van der Waals surface area contributed by atoms with Gasteiger partial charge in [-0.2, -0.15) is 0 Å². The van der Waals surface area contributed by atoms with Crippen LogP contribution < -0.4 is 10.6 Å². The van der Waals surface area contributed by atoms with Crippen molar-refractivity contribution < 1.29 is 29.0 Å². The molecule has 0 aromatic rings. The van der Waals surface area contributed by atoms with Gasteiger partial charge in [0.2, 0.25) is 11.8 Å². The van der Waals surface area contributed by atoms with E-state index in [4.69, 9.17) is 14.6 Å². The average molecular weight is 417 g/mol. The number of hydrogen-bond donors (Lipinski definition) is 3. The second kappa shape index (κ2) is 21.0. The standard InChI is InChI=1S/C21H40N2O6/c1-22-20(25)18-29-17-16-28-15-14-23-19(24)12-10-8-6-4-2-3-5-7-9-11-13-21(26)27/h2-18H2,1H3,(H,22,25)(H,23,24)(H,26,27). The minimum Gasteiger partial charge on any atom is -0.481 e. The monoisotopic (exact) mass is 416 g/mol. The van der Waals surface area contributed by atoms with Crippen LogP contribution in [0.25, 0.3) is 0 Å². The van der Waals surface area contributed by atoms with Crippen molar-refractivity contribution in [2.45, 2.75) is 77.0 Å². The first-order chi connectivity index (χ1) is 14.1. The maximum absolute atomic E-state index is 11.7. The molecule has 8 heteroatoms. The van der Waals surface area contributed by atoms with Crippen LogP contribution in [0.5, 0.6) is 0 Å². The Morgan fingerprint density at radius 3 is 1.76 bits per heavy atom. The molecule has 0 rings (SSSR count). The van der Waals surface area contributed by atoms with Crippen molar-refractivity contribution >= 4 is 17.8 Å². The van der Waals surface area contributed by atoms with Crippen molar-refractivity contribution in [3.05, 3.63) is 0 Å². The van der Waals surface area contributed by atoms with Crippen molar-refractivity contribution in [1.82, 2.24) is 10.6 Å². The fourth-order valence-electron chi connectivity index (χ4n) is 2.78. The first-order valence-corrected chi connectivity index (χ1v) is 10.9. The Balaban J connectivity index is 3.20. The van der Waals surface area contributed by atoms with Crippen LogP contribution in [0.1, 0.15) is 77.0 Å². The highest BCUT2D eigenvalue weighted by Crippen LogP contribution is 2.11. The van der Waals surface area contributed by atoms with Gasteiger partial charge in [-0.3, -0.25) is 14.4 Å². The third kappa shape index (κ3) is 22.5. The predicted octanol–water partition coefficient (Wildman–Crippen LogP) is 2.65. The lowest BCUT2D eigenvalue weighted by Gasteiger charge is -2.07. The van der Waals surface area contributed by atoms with Crippen LogP contribution in [-0.2, 0) is 23.9 Å². The normalized spacial score (nSPS) is 10.7. The Bertz CT molecular complexity index is 431. The summed E-state index contributed by atoms with van der Waals surface area (Å²) in [5, 5.41) is 13.9. The summed E-state index contributed by atoms with van der Waals surface area (Å²) in [6.07, 6.45) is 11.7. The van der Waals surface area contributed by atoms with E-state index in [1.54, 1.807) is 7.05 Å². The molecule has 0 radical (unpaired) electrons. The molecule has 0 aliphatic rings. The molecule has 0 atom stereocenters. The fourth-order valence-corrected chi connectivity index (χ4v) is 2.78. The number of ether oxygens (including phenoxy) is 2. The van der Waals surface area contributed by atoms with E-state index in [1.165, 1.54) is 25.7 Å². The molecule has 0 heterocycles. The molecule has 3 N–H and O–H groups in total. The van der Waals surface area contributed by atoms with Crippen molar-refractivity contribution in [1.29, 1.82) is 0 Å². The molecule has 0 saturated carbocycles. The third-order valence-corrected chi connectivity index (χ3v) is 4.50. The number of amides is 2. The summed E-state index contributed by atoms with van der Waals surface area (Å²) in [7, 11) is 1.56. The number of carbonyl (C=O) groups is 3. The second-order valence-corrected chi connectivity index (χ2v) is 7.12. The molecule has 0 spiro atoms. The maximum Gasteiger partial charge on any atom is 0.303 e.